The van der Waals surface area contributed by atoms with Crippen LogP contribution < -0.4 is 5.32 Å². The molecular weight excluding hydrogens is 262 g/mol. The number of amides is 1. The number of carbonyl (C=O) groups is 2. The molecule has 1 amide bonds. The lowest BCUT2D eigenvalue weighted by Crippen LogP contribution is -2.42. The summed E-state index contributed by atoms with van der Waals surface area (Å²) in [5, 5.41) is 12.3. The number of carboxylic acids is 1. The van der Waals surface area contributed by atoms with E-state index in [1.54, 1.807) is 11.8 Å². The first kappa shape index (κ1) is 13.0. The zero-order valence-electron chi connectivity index (χ0n) is 11.0. The van der Waals surface area contributed by atoms with Crippen LogP contribution in [0.5, 0.6) is 0 Å². The van der Waals surface area contributed by atoms with Gasteiger partial charge in [-0.25, -0.2) is 0 Å². The van der Waals surface area contributed by atoms with Gasteiger partial charge in [-0.15, -0.1) is 0 Å². The SMILES string of the molecule is CSC1(CNC(=O)[C@H]2C3C=CC(C3)[C@H]2C(=O)O)CC1. The van der Waals surface area contributed by atoms with Gasteiger partial charge in [0.25, 0.3) is 0 Å². The zero-order valence-corrected chi connectivity index (χ0v) is 11.8. The van der Waals surface area contributed by atoms with E-state index in [2.05, 4.69) is 11.6 Å². The van der Waals surface area contributed by atoms with E-state index in [1.807, 2.05) is 12.2 Å². The third kappa shape index (κ3) is 2.18. The summed E-state index contributed by atoms with van der Waals surface area (Å²) in [6.45, 7) is 0.678. The van der Waals surface area contributed by atoms with Crippen molar-refractivity contribution in [1.29, 1.82) is 0 Å². The number of thioether (sulfide) groups is 1. The maximum atomic E-state index is 12.3. The van der Waals surface area contributed by atoms with Crippen LogP contribution in [0.2, 0.25) is 0 Å². The van der Waals surface area contributed by atoms with Crippen molar-refractivity contribution < 1.29 is 14.7 Å². The molecule has 2 fully saturated rings. The molecule has 0 aromatic rings. The van der Waals surface area contributed by atoms with Crippen molar-refractivity contribution >= 4 is 23.6 Å². The fourth-order valence-corrected chi connectivity index (χ4v) is 4.20. The molecule has 0 aromatic heterocycles. The van der Waals surface area contributed by atoms with Gasteiger partial charge >= 0.3 is 5.97 Å². The van der Waals surface area contributed by atoms with Gasteiger partial charge in [-0.3, -0.25) is 9.59 Å². The van der Waals surface area contributed by atoms with Crippen LogP contribution in [-0.4, -0.2) is 34.5 Å². The Morgan fingerprint density at radius 2 is 1.95 bits per heavy atom. The number of hydrogen-bond acceptors (Lipinski definition) is 3. The van der Waals surface area contributed by atoms with Crippen LogP contribution in [0.15, 0.2) is 12.2 Å². The normalized spacial score (nSPS) is 37.3. The largest absolute Gasteiger partial charge is 0.481 e. The lowest BCUT2D eigenvalue weighted by atomic mass is 9.82. The Hall–Kier alpha value is -0.970. The highest BCUT2D eigenvalue weighted by Gasteiger charge is 2.52. The molecule has 0 aromatic carbocycles. The van der Waals surface area contributed by atoms with Gasteiger partial charge in [0, 0.05) is 11.3 Å². The van der Waals surface area contributed by atoms with Crippen LogP contribution in [0.3, 0.4) is 0 Å². The summed E-state index contributed by atoms with van der Waals surface area (Å²) < 4.78 is 0.224. The number of rotatable bonds is 5. The Balaban J connectivity index is 1.65. The minimum atomic E-state index is -0.831. The van der Waals surface area contributed by atoms with Gasteiger partial charge in [0.2, 0.25) is 5.91 Å². The summed E-state index contributed by atoms with van der Waals surface area (Å²) >= 11 is 1.80. The molecule has 0 spiro atoms. The third-order valence-electron chi connectivity index (χ3n) is 4.87. The third-order valence-corrected chi connectivity index (χ3v) is 6.29. The van der Waals surface area contributed by atoms with Crippen LogP contribution >= 0.6 is 11.8 Å². The van der Waals surface area contributed by atoms with Gasteiger partial charge in [0.1, 0.15) is 0 Å². The van der Waals surface area contributed by atoms with E-state index in [9.17, 15) is 14.7 Å². The molecule has 3 rings (SSSR count). The van der Waals surface area contributed by atoms with Crippen LogP contribution in [0.4, 0.5) is 0 Å². The van der Waals surface area contributed by atoms with E-state index in [-0.39, 0.29) is 28.4 Å². The molecule has 3 aliphatic rings. The smallest absolute Gasteiger partial charge is 0.307 e. The summed E-state index contributed by atoms with van der Waals surface area (Å²) in [7, 11) is 0. The van der Waals surface area contributed by atoms with E-state index in [1.165, 1.54) is 0 Å². The number of nitrogens with one attached hydrogen (secondary N) is 1. The average Bonchev–Trinajstić information content (AvgIpc) is 2.88. The van der Waals surface area contributed by atoms with Crippen LogP contribution in [0.25, 0.3) is 0 Å². The Morgan fingerprint density at radius 3 is 2.47 bits per heavy atom. The second kappa shape index (κ2) is 4.54. The molecule has 19 heavy (non-hydrogen) atoms. The molecule has 104 valence electrons. The fraction of sp³-hybridized carbons (Fsp3) is 0.714. The van der Waals surface area contributed by atoms with Gasteiger partial charge < -0.3 is 10.4 Å². The summed E-state index contributed by atoms with van der Waals surface area (Å²) in [6.07, 6.45) is 9.18. The minimum Gasteiger partial charge on any atom is -0.481 e. The van der Waals surface area contributed by atoms with Crippen molar-refractivity contribution in [3.63, 3.8) is 0 Å². The van der Waals surface area contributed by atoms with Crippen molar-refractivity contribution in [2.45, 2.75) is 24.0 Å². The van der Waals surface area contributed by atoms with Gasteiger partial charge in [0.15, 0.2) is 0 Å². The summed E-state index contributed by atoms with van der Waals surface area (Å²) in [5.41, 5.74) is 0. The molecule has 3 aliphatic carbocycles. The number of carboxylic acid groups (broad SMARTS) is 1. The highest BCUT2D eigenvalue weighted by Crippen LogP contribution is 2.49. The van der Waals surface area contributed by atoms with E-state index in [0.717, 1.165) is 19.3 Å². The van der Waals surface area contributed by atoms with Gasteiger partial charge in [0.05, 0.1) is 11.8 Å². The number of aliphatic carboxylic acids is 1. The van der Waals surface area contributed by atoms with Gasteiger partial charge in [-0.05, 0) is 37.4 Å². The molecule has 0 heterocycles. The Kier molecular flexibility index (Phi) is 3.12. The van der Waals surface area contributed by atoms with E-state index >= 15 is 0 Å². The monoisotopic (exact) mass is 281 g/mol. The molecular formula is C14H19NO3S. The first-order valence-electron chi connectivity index (χ1n) is 6.80. The topological polar surface area (TPSA) is 66.4 Å². The molecule has 2 unspecified atom stereocenters. The standard InChI is InChI=1S/C14H19NO3S/c1-19-14(4-5-14)7-15-12(16)10-8-2-3-9(6-8)11(10)13(17)18/h2-3,8-11H,4-7H2,1H3,(H,15,16)(H,17,18)/t8?,9?,10-,11+/m0/s1. The summed E-state index contributed by atoms with van der Waals surface area (Å²) in [6, 6.07) is 0. The average molecular weight is 281 g/mol. The molecule has 2 N–H and O–H groups in total. The maximum absolute atomic E-state index is 12.3. The fourth-order valence-electron chi connectivity index (χ4n) is 3.47. The second-order valence-electron chi connectivity index (χ2n) is 5.94. The number of allylic oxidation sites excluding steroid dienone is 2. The second-order valence-corrected chi connectivity index (χ2v) is 7.22. The summed E-state index contributed by atoms with van der Waals surface area (Å²) in [4.78, 5) is 23.7. The number of carbonyl (C=O) groups excluding carboxylic acids is 1. The molecule has 2 saturated carbocycles. The van der Waals surface area contributed by atoms with E-state index < -0.39 is 11.9 Å². The molecule has 0 radical (unpaired) electrons. The van der Waals surface area contributed by atoms with Crippen molar-refractivity contribution in [3.8, 4) is 0 Å². The molecule has 0 saturated heterocycles. The highest BCUT2D eigenvalue weighted by atomic mass is 32.2. The minimum absolute atomic E-state index is 0.0497. The summed E-state index contributed by atoms with van der Waals surface area (Å²) in [5.74, 6) is -1.62. The first-order valence-corrected chi connectivity index (χ1v) is 8.03. The van der Waals surface area contributed by atoms with Crippen LogP contribution in [-0.2, 0) is 9.59 Å². The van der Waals surface area contributed by atoms with Gasteiger partial charge in [-0.1, -0.05) is 12.2 Å². The van der Waals surface area contributed by atoms with Crippen LogP contribution in [0, 0.1) is 23.7 Å². The molecule has 4 nitrogen and oxygen atoms in total. The lowest BCUT2D eigenvalue weighted by molar-refractivity contribution is -0.147. The number of fused-ring (bicyclic) bond motifs is 2. The van der Waals surface area contributed by atoms with Crippen molar-refractivity contribution in [1.82, 2.24) is 5.32 Å². The Morgan fingerprint density at radius 1 is 1.32 bits per heavy atom. The lowest BCUT2D eigenvalue weighted by Gasteiger charge is -2.24. The van der Waals surface area contributed by atoms with E-state index in [4.69, 9.17) is 0 Å². The van der Waals surface area contributed by atoms with Crippen molar-refractivity contribution in [2.24, 2.45) is 23.7 Å². The van der Waals surface area contributed by atoms with Gasteiger partial charge in [-0.2, -0.15) is 11.8 Å². The van der Waals surface area contributed by atoms with E-state index in [0.29, 0.717) is 6.54 Å². The molecule has 0 aliphatic heterocycles. The Labute approximate surface area is 117 Å². The zero-order chi connectivity index (χ0) is 13.6. The molecule has 2 bridgehead atoms. The quantitative estimate of drug-likeness (QED) is 0.750. The molecule has 5 heteroatoms. The first-order chi connectivity index (χ1) is 9.06. The van der Waals surface area contributed by atoms with Crippen LogP contribution in [0.1, 0.15) is 19.3 Å². The Bertz CT molecular complexity index is 444. The van der Waals surface area contributed by atoms with Crippen molar-refractivity contribution in [3.05, 3.63) is 12.2 Å². The van der Waals surface area contributed by atoms with Crippen molar-refractivity contribution in [2.75, 3.05) is 12.8 Å². The maximum Gasteiger partial charge on any atom is 0.307 e. The highest BCUT2D eigenvalue weighted by molar-refractivity contribution is 8.00. The number of hydrogen-bond donors (Lipinski definition) is 2. The predicted octanol–water partition coefficient (Wildman–Crippen LogP) is 1.52. The molecule has 4 atom stereocenters. The predicted molar refractivity (Wildman–Crippen MR) is 73.8 cm³/mol.